The highest BCUT2D eigenvalue weighted by molar-refractivity contribution is 8.13. The van der Waals surface area contributed by atoms with Gasteiger partial charge >= 0.3 is 0 Å². The lowest BCUT2D eigenvalue weighted by Gasteiger charge is -2.06. The standard InChI is InChI=1S/C8H13ClN2O3S/c1-3-4-11-7(6-14-2)8(5-10-11)15(9,12)13/h5H,3-4,6H2,1-2H3. The molecule has 86 valence electrons. The minimum absolute atomic E-state index is 0.0273. The number of aromatic nitrogens is 2. The van der Waals surface area contributed by atoms with E-state index in [-0.39, 0.29) is 11.5 Å². The molecule has 15 heavy (non-hydrogen) atoms. The molecular formula is C8H13ClN2O3S. The molecule has 0 bridgehead atoms. The number of hydrogen-bond acceptors (Lipinski definition) is 4. The van der Waals surface area contributed by atoms with Gasteiger partial charge in [-0.2, -0.15) is 5.10 Å². The molecule has 0 saturated heterocycles. The summed E-state index contributed by atoms with van der Waals surface area (Å²) >= 11 is 0. The van der Waals surface area contributed by atoms with Gasteiger partial charge in [0.05, 0.1) is 18.5 Å². The summed E-state index contributed by atoms with van der Waals surface area (Å²) in [5.41, 5.74) is 0.495. The normalized spacial score (nSPS) is 11.9. The van der Waals surface area contributed by atoms with Gasteiger partial charge in [-0.25, -0.2) is 8.42 Å². The van der Waals surface area contributed by atoms with Crippen LogP contribution < -0.4 is 0 Å². The van der Waals surface area contributed by atoms with Gasteiger partial charge in [0.15, 0.2) is 0 Å². The largest absolute Gasteiger partial charge is 0.378 e. The molecule has 5 nitrogen and oxygen atoms in total. The van der Waals surface area contributed by atoms with Crippen LogP contribution in [0.4, 0.5) is 0 Å². The summed E-state index contributed by atoms with van der Waals surface area (Å²) in [6.45, 7) is 2.81. The molecule has 0 aliphatic carbocycles. The summed E-state index contributed by atoms with van der Waals surface area (Å²) in [4.78, 5) is 0.0273. The van der Waals surface area contributed by atoms with Gasteiger partial charge < -0.3 is 4.74 Å². The lowest BCUT2D eigenvalue weighted by molar-refractivity contribution is 0.174. The maximum absolute atomic E-state index is 11.2. The molecule has 0 unspecified atom stereocenters. The molecule has 0 spiro atoms. The molecule has 1 rings (SSSR count). The van der Waals surface area contributed by atoms with Gasteiger partial charge in [-0.3, -0.25) is 4.68 Å². The second-order valence-corrected chi connectivity index (χ2v) is 5.58. The highest BCUT2D eigenvalue weighted by Gasteiger charge is 2.20. The van der Waals surface area contributed by atoms with E-state index in [9.17, 15) is 8.42 Å². The third-order valence-corrected chi connectivity index (χ3v) is 3.25. The van der Waals surface area contributed by atoms with Gasteiger partial charge in [-0.05, 0) is 6.42 Å². The molecule has 1 aromatic rings. The summed E-state index contributed by atoms with van der Waals surface area (Å²) in [6.07, 6.45) is 2.12. The maximum Gasteiger partial charge on any atom is 0.264 e. The number of halogens is 1. The first kappa shape index (κ1) is 12.5. The van der Waals surface area contributed by atoms with Crippen molar-refractivity contribution in [3.63, 3.8) is 0 Å². The Morgan fingerprint density at radius 3 is 2.73 bits per heavy atom. The third-order valence-electron chi connectivity index (χ3n) is 1.89. The highest BCUT2D eigenvalue weighted by atomic mass is 35.7. The quantitative estimate of drug-likeness (QED) is 0.743. The topological polar surface area (TPSA) is 61.2 Å². The molecule has 0 aliphatic heterocycles. The summed E-state index contributed by atoms with van der Waals surface area (Å²) in [5.74, 6) is 0. The predicted octanol–water partition coefficient (Wildman–Crippen LogP) is 1.37. The Morgan fingerprint density at radius 2 is 2.27 bits per heavy atom. The Bertz CT molecular complexity index is 427. The van der Waals surface area contributed by atoms with E-state index in [1.165, 1.54) is 13.3 Å². The van der Waals surface area contributed by atoms with Crippen molar-refractivity contribution in [3.8, 4) is 0 Å². The van der Waals surface area contributed by atoms with Crippen LogP contribution in [0.5, 0.6) is 0 Å². The maximum atomic E-state index is 11.2. The molecule has 1 heterocycles. The second kappa shape index (κ2) is 4.96. The van der Waals surface area contributed by atoms with Crippen LogP contribution >= 0.6 is 10.7 Å². The number of rotatable bonds is 5. The van der Waals surface area contributed by atoms with Gasteiger partial charge in [-0.1, -0.05) is 6.92 Å². The number of aryl methyl sites for hydroxylation is 1. The van der Waals surface area contributed by atoms with E-state index in [2.05, 4.69) is 5.10 Å². The van der Waals surface area contributed by atoms with E-state index in [0.29, 0.717) is 12.2 Å². The fraction of sp³-hybridized carbons (Fsp3) is 0.625. The van der Waals surface area contributed by atoms with Crippen molar-refractivity contribution in [2.45, 2.75) is 31.4 Å². The van der Waals surface area contributed by atoms with E-state index in [1.54, 1.807) is 4.68 Å². The Hall–Kier alpha value is -0.590. The van der Waals surface area contributed by atoms with Crippen molar-refractivity contribution in [2.75, 3.05) is 7.11 Å². The van der Waals surface area contributed by atoms with E-state index >= 15 is 0 Å². The van der Waals surface area contributed by atoms with Gasteiger partial charge in [-0.15, -0.1) is 0 Å². The van der Waals surface area contributed by atoms with Crippen LogP contribution in [0.3, 0.4) is 0 Å². The molecule has 0 saturated carbocycles. The van der Waals surface area contributed by atoms with Crippen LogP contribution in [0, 0.1) is 0 Å². The van der Waals surface area contributed by atoms with Crippen molar-refractivity contribution < 1.29 is 13.2 Å². The zero-order valence-corrected chi connectivity index (χ0v) is 10.2. The van der Waals surface area contributed by atoms with Crippen molar-refractivity contribution in [3.05, 3.63) is 11.9 Å². The molecule has 0 radical (unpaired) electrons. The van der Waals surface area contributed by atoms with Crippen LogP contribution in [0.2, 0.25) is 0 Å². The minimum Gasteiger partial charge on any atom is -0.378 e. The third kappa shape index (κ3) is 2.93. The lowest BCUT2D eigenvalue weighted by atomic mass is 10.4. The molecule has 0 atom stereocenters. The average Bonchev–Trinajstić information content (AvgIpc) is 2.49. The Morgan fingerprint density at radius 1 is 1.60 bits per heavy atom. The van der Waals surface area contributed by atoms with E-state index in [1.807, 2.05) is 6.92 Å². The zero-order valence-electron chi connectivity index (χ0n) is 8.60. The van der Waals surface area contributed by atoms with E-state index in [0.717, 1.165) is 6.42 Å². The highest BCUT2D eigenvalue weighted by Crippen LogP contribution is 2.20. The smallest absolute Gasteiger partial charge is 0.264 e. The van der Waals surface area contributed by atoms with Crippen molar-refractivity contribution in [1.29, 1.82) is 0 Å². The summed E-state index contributed by atoms with van der Waals surface area (Å²) in [6, 6.07) is 0. The summed E-state index contributed by atoms with van der Waals surface area (Å²) in [5, 5.41) is 3.96. The van der Waals surface area contributed by atoms with E-state index in [4.69, 9.17) is 15.4 Å². The molecular weight excluding hydrogens is 240 g/mol. The Labute approximate surface area is 93.4 Å². The summed E-state index contributed by atoms with van der Waals surface area (Å²) < 4.78 is 28.9. The van der Waals surface area contributed by atoms with Crippen LogP contribution in [0.15, 0.2) is 11.1 Å². The SMILES string of the molecule is CCCn1ncc(S(=O)(=O)Cl)c1COC. The molecule has 7 heteroatoms. The Kier molecular flexibility index (Phi) is 4.12. The van der Waals surface area contributed by atoms with Gasteiger partial charge in [0, 0.05) is 24.3 Å². The molecule has 0 fully saturated rings. The number of ether oxygens (including phenoxy) is 1. The van der Waals surface area contributed by atoms with Crippen molar-refractivity contribution >= 4 is 19.7 Å². The van der Waals surface area contributed by atoms with Crippen LogP contribution in [0.1, 0.15) is 19.0 Å². The number of methoxy groups -OCH3 is 1. The van der Waals surface area contributed by atoms with Crippen LogP contribution in [-0.4, -0.2) is 25.3 Å². The fourth-order valence-electron chi connectivity index (χ4n) is 1.28. The zero-order chi connectivity index (χ0) is 11.5. The van der Waals surface area contributed by atoms with Crippen molar-refractivity contribution in [2.24, 2.45) is 0 Å². The second-order valence-electron chi connectivity index (χ2n) is 3.05. The predicted molar refractivity (Wildman–Crippen MR) is 56.3 cm³/mol. The first-order chi connectivity index (χ1) is 7.00. The average molecular weight is 253 g/mol. The van der Waals surface area contributed by atoms with Gasteiger partial charge in [0.25, 0.3) is 9.05 Å². The summed E-state index contributed by atoms with van der Waals surface area (Å²) in [7, 11) is 3.03. The first-order valence-corrected chi connectivity index (χ1v) is 6.80. The van der Waals surface area contributed by atoms with Crippen LogP contribution in [0.25, 0.3) is 0 Å². The van der Waals surface area contributed by atoms with Crippen LogP contribution in [-0.2, 0) is 26.9 Å². The molecule has 0 amide bonds. The monoisotopic (exact) mass is 252 g/mol. The van der Waals surface area contributed by atoms with Crippen molar-refractivity contribution in [1.82, 2.24) is 9.78 Å². The van der Waals surface area contributed by atoms with Gasteiger partial charge in [0.2, 0.25) is 0 Å². The number of nitrogens with zero attached hydrogens (tertiary/aromatic N) is 2. The molecule has 0 aromatic carbocycles. The lowest BCUT2D eigenvalue weighted by Crippen LogP contribution is -2.07. The molecule has 1 aromatic heterocycles. The van der Waals surface area contributed by atoms with E-state index < -0.39 is 9.05 Å². The number of hydrogen-bond donors (Lipinski definition) is 0. The minimum atomic E-state index is -3.74. The molecule has 0 aliphatic rings. The Balaban J connectivity index is 3.17. The van der Waals surface area contributed by atoms with Gasteiger partial charge in [0.1, 0.15) is 4.90 Å². The fourth-order valence-corrected chi connectivity index (χ4v) is 2.29. The first-order valence-electron chi connectivity index (χ1n) is 4.49. The molecule has 0 N–H and O–H groups in total.